The summed E-state index contributed by atoms with van der Waals surface area (Å²) in [4.78, 5) is 29.1. The standard InChI is InChI=1S/C28H41N7O/c36-28(30-21-23-9-4-3-5-10-23)34-19-13-25(14-20-34)35-18-8-11-24(22-35)31-27-29-15-12-26(32-27)33-16-6-1-2-7-17-33/h3-5,9-10,12,15,24-25H,1-2,6-8,11,13-14,16-22H2,(H,30,36)(H,29,31,32). The summed E-state index contributed by atoms with van der Waals surface area (Å²) in [7, 11) is 0. The van der Waals surface area contributed by atoms with E-state index < -0.39 is 0 Å². The van der Waals surface area contributed by atoms with E-state index in [0.717, 1.165) is 75.9 Å². The number of rotatable bonds is 6. The van der Waals surface area contributed by atoms with Crippen LogP contribution in [0.15, 0.2) is 42.6 Å². The monoisotopic (exact) mass is 491 g/mol. The summed E-state index contributed by atoms with van der Waals surface area (Å²) < 4.78 is 0. The number of nitrogens with zero attached hydrogens (tertiary/aromatic N) is 5. The van der Waals surface area contributed by atoms with Gasteiger partial charge in [0.1, 0.15) is 5.82 Å². The van der Waals surface area contributed by atoms with E-state index in [2.05, 4.69) is 25.4 Å². The van der Waals surface area contributed by atoms with Crippen LogP contribution in [-0.4, -0.2) is 77.2 Å². The van der Waals surface area contributed by atoms with Crippen molar-refractivity contribution in [2.75, 3.05) is 49.5 Å². The lowest BCUT2D eigenvalue weighted by Crippen LogP contribution is -2.53. The van der Waals surface area contributed by atoms with Gasteiger partial charge in [-0.25, -0.2) is 9.78 Å². The quantitative estimate of drug-likeness (QED) is 0.633. The van der Waals surface area contributed by atoms with Crippen LogP contribution in [0.4, 0.5) is 16.6 Å². The zero-order chi connectivity index (χ0) is 24.6. The molecule has 3 aliphatic rings. The Bertz CT molecular complexity index is 955. The first kappa shape index (κ1) is 24.8. The van der Waals surface area contributed by atoms with Crippen molar-refractivity contribution < 1.29 is 4.79 Å². The molecule has 8 heteroatoms. The minimum absolute atomic E-state index is 0.0527. The van der Waals surface area contributed by atoms with Crippen molar-refractivity contribution in [3.05, 3.63) is 48.2 Å². The third kappa shape index (κ3) is 6.66. The third-order valence-electron chi connectivity index (χ3n) is 7.91. The van der Waals surface area contributed by atoms with Gasteiger partial charge >= 0.3 is 6.03 Å². The second-order valence-corrected chi connectivity index (χ2v) is 10.5. The SMILES string of the molecule is O=C(NCc1ccccc1)N1CCC(N2CCCC(Nc3nccc(N4CCCCCC4)n3)C2)CC1. The van der Waals surface area contributed by atoms with Gasteiger partial charge in [-0.2, -0.15) is 4.98 Å². The molecule has 2 aromatic rings. The lowest BCUT2D eigenvalue weighted by atomic mass is 9.98. The van der Waals surface area contributed by atoms with Crippen molar-refractivity contribution in [1.29, 1.82) is 0 Å². The lowest BCUT2D eigenvalue weighted by Gasteiger charge is -2.42. The van der Waals surface area contributed by atoms with E-state index in [9.17, 15) is 4.79 Å². The average molecular weight is 492 g/mol. The number of aromatic nitrogens is 2. The molecule has 2 amide bonds. The molecule has 0 aliphatic carbocycles. The molecule has 0 saturated carbocycles. The summed E-state index contributed by atoms with van der Waals surface area (Å²) in [6.07, 6.45) is 11.4. The zero-order valence-corrected chi connectivity index (χ0v) is 21.4. The maximum atomic E-state index is 12.6. The number of carbonyl (C=O) groups is 1. The highest BCUT2D eigenvalue weighted by Crippen LogP contribution is 2.23. The maximum absolute atomic E-state index is 12.6. The molecule has 1 aromatic heterocycles. The molecule has 5 rings (SSSR count). The molecule has 1 aromatic carbocycles. The molecule has 1 unspecified atom stereocenters. The number of anilines is 2. The van der Waals surface area contributed by atoms with Crippen molar-refractivity contribution in [2.24, 2.45) is 0 Å². The maximum Gasteiger partial charge on any atom is 0.317 e. The Morgan fingerprint density at radius 2 is 1.67 bits per heavy atom. The van der Waals surface area contributed by atoms with Crippen LogP contribution in [0.1, 0.15) is 56.9 Å². The lowest BCUT2D eigenvalue weighted by molar-refractivity contribution is 0.0967. The van der Waals surface area contributed by atoms with Gasteiger partial charge in [-0.3, -0.25) is 4.90 Å². The summed E-state index contributed by atoms with van der Waals surface area (Å²) in [5, 5.41) is 6.71. The molecule has 2 N–H and O–H groups in total. The largest absolute Gasteiger partial charge is 0.356 e. The van der Waals surface area contributed by atoms with Gasteiger partial charge in [0, 0.05) is 57.5 Å². The van der Waals surface area contributed by atoms with Gasteiger partial charge in [0.05, 0.1) is 0 Å². The Morgan fingerprint density at radius 3 is 2.44 bits per heavy atom. The average Bonchev–Trinajstić information content (AvgIpc) is 3.23. The first-order valence-electron chi connectivity index (χ1n) is 13.9. The first-order valence-corrected chi connectivity index (χ1v) is 13.9. The molecule has 194 valence electrons. The van der Waals surface area contributed by atoms with Crippen LogP contribution in [0, 0.1) is 0 Å². The summed E-state index contributed by atoms with van der Waals surface area (Å²) in [5.41, 5.74) is 1.13. The Hall–Kier alpha value is -2.87. The Morgan fingerprint density at radius 1 is 0.889 bits per heavy atom. The molecule has 3 aliphatic heterocycles. The van der Waals surface area contributed by atoms with Crippen molar-refractivity contribution in [3.63, 3.8) is 0 Å². The second-order valence-electron chi connectivity index (χ2n) is 10.5. The Kier molecular flexibility index (Phi) is 8.54. The van der Waals surface area contributed by atoms with Crippen molar-refractivity contribution >= 4 is 17.8 Å². The number of urea groups is 1. The summed E-state index contributed by atoms with van der Waals surface area (Å²) in [6.45, 7) is 6.56. The van der Waals surface area contributed by atoms with Crippen LogP contribution in [0.5, 0.6) is 0 Å². The topological polar surface area (TPSA) is 76.6 Å². The fourth-order valence-corrected chi connectivity index (χ4v) is 5.85. The number of nitrogens with one attached hydrogen (secondary N) is 2. The van der Waals surface area contributed by atoms with Gasteiger partial charge < -0.3 is 20.4 Å². The highest BCUT2D eigenvalue weighted by Gasteiger charge is 2.30. The predicted molar refractivity (Wildman–Crippen MR) is 144 cm³/mol. The Labute approximate surface area is 215 Å². The van der Waals surface area contributed by atoms with Crippen molar-refractivity contribution in [3.8, 4) is 0 Å². The van der Waals surface area contributed by atoms with Crippen molar-refractivity contribution in [1.82, 2.24) is 25.1 Å². The molecule has 3 fully saturated rings. The molecule has 3 saturated heterocycles. The van der Waals surface area contributed by atoms with E-state index in [1.807, 2.05) is 47.5 Å². The molecule has 0 radical (unpaired) electrons. The number of amides is 2. The molecule has 36 heavy (non-hydrogen) atoms. The van der Waals surface area contributed by atoms with Crippen LogP contribution in [0.25, 0.3) is 0 Å². The minimum atomic E-state index is 0.0527. The van der Waals surface area contributed by atoms with E-state index >= 15 is 0 Å². The molecule has 1 atom stereocenters. The fourth-order valence-electron chi connectivity index (χ4n) is 5.85. The highest BCUT2D eigenvalue weighted by molar-refractivity contribution is 5.74. The summed E-state index contributed by atoms with van der Waals surface area (Å²) >= 11 is 0. The van der Waals surface area contributed by atoms with Crippen LogP contribution in [-0.2, 0) is 6.54 Å². The van der Waals surface area contributed by atoms with E-state index in [4.69, 9.17) is 4.98 Å². The first-order chi connectivity index (χ1) is 17.7. The van der Waals surface area contributed by atoms with E-state index in [-0.39, 0.29) is 6.03 Å². The third-order valence-corrected chi connectivity index (χ3v) is 7.91. The van der Waals surface area contributed by atoms with Crippen LogP contribution >= 0.6 is 0 Å². The normalized spacial score (nSPS) is 22.2. The Balaban J connectivity index is 1.09. The summed E-state index contributed by atoms with van der Waals surface area (Å²) in [6, 6.07) is 13.1. The number of hydrogen-bond donors (Lipinski definition) is 2. The second kappa shape index (κ2) is 12.4. The minimum Gasteiger partial charge on any atom is -0.356 e. The smallest absolute Gasteiger partial charge is 0.317 e. The number of carbonyl (C=O) groups excluding carboxylic acids is 1. The van der Waals surface area contributed by atoms with Gasteiger partial charge in [-0.15, -0.1) is 0 Å². The van der Waals surface area contributed by atoms with Crippen LogP contribution < -0.4 is 15.5 Å². The molecule has 0 bridgehead atoms. The van der Waals surface area contributed by atoms with Gasteiger partial charge in [0.25, 0.3) is 0 Å². The number of piperidine rings is 2. The fraction of sp³-hybridized carbons (Fsp3) is 0.607. The highest BCUT2D eigenvalue weighted by atomic mass is 16.2. The summed E-state index contributed by atoms with van der Waals surface area (Å²) in [5.74, 6) is 1.81. The zero-order valence-electron chi connectivity index (χ0n) is 21.4. The van der Waals surface area contributed by atoms with Crippen LogP contribution in [0.2, 0.25) is 0 Å². The van der Waals surface area contributed by atoms with Gasteiger partial charge in [0.2, 0.25) is 5.95 Å². The molecule has 0 spiro atoms. The molecular weight excluding hydrogens is 450 g/mol. The van der Waals surface area contributed by atoms with E-state index in [1.165, 1.54) is 32.1 Å². The predicted octanol–water partition coefficient (Wildman–Crippen LogP) is 4.11. The van der Waals surface area contributed by atoms with Gasteiger partial charge in [-0.05, 0) is 56.7 Å². The van der Waals surface area contributed by atoms with Crippen molar-refractivity contribution in [2.45, 2.75) is 70.0 Å². The van der Waals surface area contributed by atoms with Gasteiger partial charge in [0.15, 0.2) is 0 Å². The molecule has 8 nitrogen and oxygen atoms in total. The van der Waals surface area contributed by atoms with Crippen LogP contribution in [0.3, 0.4) is 0 Å². The van der Waals surface area contributed by atoms with E-state index in [0.29, 0.717) is 18.6 Å². The number of likely N-dealkylation sites (tertiary alicyclic amines) is 2. The molecule has 4 heterocycles. The van der Waals surface area contributed by atoms with E-state index in [1.54, 1.807) is 0 Å². The number of hydrogen-bond acceptors (Lipinski definition) is 6. The van der Waals surface area contributed by atoms with Gasteiger partial charge in [-0.1, -0.05) is 43.2 Å². The number of benzene rings is 1. The molecular formula is C28H41N7O.